The molecule has 0 radical (unpaired) electrons. The number of hydrogen-bond acceptors (Lipinski definition) is 3. The molecule has 1 aromatic rings. The number of fused-ring (bicyclic) bond motifs is 1. The summed E-state index contributed by atoms with van der Waals surface area (Å²) >= 11 is 1.85. The molecule has 0 bridgehead atoms. The molecule has 1 aliphatic heterocycles. The molecule has 1 aromatic heterocycles. The zero-order valence-corrected chi connectivity index (χ0v) is 10.9. The zero-order chi connectivity index (χ0) is 11.1. The minimum absolute atomic E-state index is 0.254. The molecule has 0 saturated heterocycles. The van der Waals surface area contributed by atoms with Gasteiger partial charge >= 0.3 is 0 Å². The smallest absolute Gasteiger partial charge is 0.0900 e. The number of nitrogens with one attached hydrogen (secondary N) is 1. The van der Waals surface area contributed by atoms with Gasteiger partial charge in [-0.3, -0.25) is 0 Å². The van der Waals surface area contributed by atoms with Crippen molar-refractivity contribution >= 4 is 11.3 Å². The average molecular weight is 224 g/mol. The van der Waals surface area contributed by atoms with Gasteiger partial charge in [-0.25, -0.2) is 4.98 Å². The molecule has 0 amide bonds. The highest BCUT2D eigenvalue weighted by atomic mass is 32.1. The van der Waals surface area contributed by atoms with Crippen molar-refractivity contribution in [2.45, 2.75) is 46.1 Å². The highest BCUT2D eigenvalue weighted by Gasteiger charge is 2.36. The minimum atomic E-state index is 0.254. The van der Waals surface area contributed by atoms with E-state index in [1.165, 1.54) is 22.0 Å². The van der Waals surface area contributed by atoms with E-state index >= 15 is 0 Å². The van der Waals surface area contributed by atoms with E-state index in [1.807, 2.05) is 11.3 Å². The van der Waals surface area contributed by atoms with Crippen LogP contribution in [-0.4, -0.2) is 11.5 Å². The van der Waals surface area contributed by atoms with E-state index in [4.69, 9.17) is 4.98 Å². The monoisotopic (exact) mass is 224 g/mol. The first-order valence-electron chi connectivity index (χ1n) is 5.71. The molecular weight excluding hydrogens is 204 g/mol. The molecule has 1 N–H and O–H groups in total. The Hall–Kier alpha value is -0.410. The van der Waals surface area contributed by atoms with E-state index < -0.39 is 0 Å². The summed E-state index contributed by atoms with van der Waals surface area (Å²) in [5, 5.41) is 4.70. The molecular formula is C12H20N2S. The summed E-state index contributed by atoms with van der Waals surface area (Å²) in [7, 11) is 0. The number of aromatic nitrogens is 1. The second-order valence-electron chi connectivity index (χ2n) is 5.00. The zero-order valence-electron chi connectivity index (χ0n) is 10.1. The largest absolute Gasteiger partial charge is 0.312 e. The molecule has 2 nitrogen and oxygen atoms in total. The van der Waals surface area contributed by atoms with Crippen molar-refractivity contribution in [1.29, 1.82) is 0 Å². The summed E-state index contributed by atoms with van der Waals surface area (Å²) in [6.07, 6.45) is 1.20. The third kappa shape index (κ3) is 1.83. The van der Waals surface area contributed by atoms with Crippen molar-refractivity contribution in [1.82, 2.24) is 10.3 Å². The summed E-state index contributed by atoms with van der Waals surface area (Å²) in [6.45, 7) is 11.2. The lowest BCUT2D eigenvalue weighted by Crippen LogP contribution is -2.31. The molecule has 1 aliphatic rings. The summed E-state index contributed by atoms with van der Waals surface area (Å²) in [4.78, 5) is 6.21. The van der Waals surface area contributed by atoms with Crippen LogP contribution < -0.4 is 5.32 Å². The Labute approximate surface area is 96.1 Å². The first kappa shape index (κ1) is 11.1. The molecule has 1 atom stereocenters. The Morgan fingerprint density at radius 2 is 2.20 bits per heavy atom. The second kappa shape index (κ2) is 3.87. The highest BCUT2D eigenvalue weighted by molar-refractivity contribution is 7.11. The predicted octanol–water partition coefficient (Wildman–Crippen LogP) is 2.86. The molecule has 0 aromatic carbocycles. The van der Waals surface area contributed by atoms with Crippen molar-refractivity contribution in [3.8, 4) is 0 Å². The van der Waals surface area contributed by atoms with Crippen molar-refractivity contribution < 1.29 is 0 Å². The Morgan fingerprint density at radius 3 is 2.87 bits per heavy atom. The van der Waals surface area contributed by atoms with Gasteiger partial charge in [0.1, 0.15) is 0 Å². The molecule has 0 spiro atoms. The summed E-state index contributed by atoms with van der Waals surface area (Å²) < 4.78 is 0. The Bertz CT molecular complexity index is 357. The van der Waals surface area contributed by atoms with Crippen LogP contribution in [0.25, 0.3) is 0 Å². The fourth-order valence-electron chi connectivity index (χ4n) is 2.27. The van der Waals surface area contributed by atoms with Crippen LogP contribution >= 0.6 is 11.3 Å². The molecule has 15 heavy (non-hydrogen) atoms. The van der Waals surface area contributed by atoms with Gasteiger partial charge in [-0.1, -0.05) is 20.8 Å². The quantitative estimate of drug-likeness (QED) is 0.793. The summed E-state index contributed by atoms with van der Waals surface area (Å²) in [5.74, 6) is 0.651. The number of hydrogen-bond donors (Lipinski definition) is 1. The van der Waals surface area contributed by atoms with Crippen LogP contribution in [-0.2, 0) is 12.0 Å². The van der Waals surface area contributed by atoms with Gasteiger partial charge in [0.2, 0.25) is 0 Å². The number of nitrogens with zero attached hydrogens (tertiary/aromatic N) is 1. The third-order valence-corrected chi connectivity index (χ3v) is 4.70. The van der Waals surface area contributed by atoms with Crippen LogP contribution in [0.15, 0.2) is 0 Å². The fourth-order valence-corrected chi connectivity index (χ4v) is 3.31. The standard InChI is InChI=1S/C12H20N2S/c1-8(2)12(4)5-6-13-7-10-11(12)14-9(3)15-10/h8,13H,5-7H2,1-4H3. The molecule has 1 unspecified atom stereocenters. The summed E-state index contributed by atoms with van der Waals surface area (Å²) in [5.41, 5.74) is 1.61. The van der Waals surface area contributed by atoms with E-state index in [1.54, 1.807) is 0 Å². The molecule has 3 heteroatoms. The SMILES string of the molecule is Cc1nc2c(s1)CNCCC2(C)C(C)C. The molecule has 2 heterocycles. The van der Waals surface area contributed by atoms with Crippen LogP contribution in [0.2, 0.25) is 0 Å². The molecule has 0 fully saturated rings. The van der Waals surface area contributed by atoms with Crippen molar-refractivity contribution in [3.63, 3.8) is 0 Å². The van der Waals surface area contributed by atoms with Gasteiger partial charge in [0.15, 0.2) is 0 Å². The van der Waals surface area contributed by atoms with Crippen LogP contribution in [0.3, 0.4) is 0 Å². The Balaban J connectivity index is 2.49. The molecule has 2 rings (SSSR count). The van der Waals surface area contributed by atoms with Gasteiger partial charge in [-0.05, 0) is 25.8 Å². The average Bonchev–Trinajstić information content (AvgIpc) is 2.47. The van der Waals surface area contributed by atoms with Crippen LogP contribution in [0.1, 0.15) is 42.8 Å². The first-order chi connectivity index (χ1) is 7.04. The highest BCUT2D eigenvalue weighted by Crippen LogP contribution is 2.39. The predicted molar refractivity (Wildman–Crippen MR) is 65.4 cm³/mol. The maximum atomic E-state index is 4.76. The second-order valence-corrected chi connectivity index (χ2v) is 6.29. The molecule has 0 saturated carbocycles. The van der Waals surface area contributed by atoms with E-state index in [2.05, 4.69) is 33.0 Å². The van der Waals surface area contributed by atoms with Crippen molar-refractivity contribution in [2.24, 2.45) is 5.92 Å². The Kier molecular flexibility index (Phi) is 2.86. The summed E-state index contributed by atoms with van der Waals surface area (Å²) in [6, 6.07) is 0. The van der Waals surface area contributed by atoms with Gasteiger partial charge in [0.25, 0.3) is 0 Å². The van der Waals surface area contributed by atoms with Gasteiger partial charge in [0.05, 0.1) is 10.7 Å². The molecule has 0 aliphatic carbocycles. The number of rotatable bonds is 1. The lowest BCUT2D eigenvalue weighted by Gasteiger charge is -2.31. The van der Waals surface area contributed by atoms with E-state index in [-0.39, 0.29) is 5.41 Å². The van der Waals surface area contributed by atoms with Gasteiger partial charge in [-0.2, -0.15) is 0 Å². The Morgan fingerprint density at radius 1 is 1.47 bits per heavy atom. The van der Waals surface area contributed by atoms with E-state index in [0.717, 1.165) is 13.1 Å². The first-order valence-corrected chi connectivity index (χ1v) is 6.53. The topological polar surface area (TPSA) is 24.9 Å². The number of aryl methyl sites for hydroxylation is 1. The van der Waals surface area contributed by atoms with Crippen LogP contribution in [0.5, 0.6) is 0 Å². The van der Waals surface area contributed by atoms with Gasteiger partial charge in [0, 0.05) is 16.8 Å². The van der Waals surface area contributed by atoms with E-state index in [9.17, 15) is 0 Å². The molecule has 84 valence electrons. The lowest BCUT2D eigenvalue weighted by atomic mass is 9.73. The minimum Gasteiger partial charge on any atom is -0.312 e. The maximum Gasteiger partial charge on any atom is 0.0900 e. The van der Waals surface area contributed by atoms with Crippen molar-refractivity contribution in [3.05, 3.63) is 15.6 Å². The number of thiazole rings is 1. The lowest BCUT2D eigenvalue weighted by molar-refractivity contribution is 0.309. The third-order valence-electron chi connectivity index (χ3n) is 3.73. The van der Waals surface area contributed by atoms with E-state index in [0.29, 0.717) is 5.92 Å². The normalized spacial score (nSPS) is 26.5. The van der Waals surface area contributed by atoms with Crippen LogP contribution in [0, 0.1) is 12.8 Å². The van der Waals surface area contributed by atoms with Crippen LogP contribution in [0.4, 0.5) is 0 Å². The maximum absolute atomic E-state index is 4.76. The van der Waals surface area contributed by atoms with Gasteiger partial charge in [-0.15, -0.1) is 11.3 Å². The van der Waals surface area contributed by atoms with Crippen molar-refractivity contribution in [2.75, 3.05) is 6.54 Å². The fraction of sp³-hybridized carbons (Fsp3) is 0.750. The van der Waals surface area contributed by atoms with Gasteiger partial charge < -0.3 is 5.32 Å².